The molecule has 0 bridgehead atoms. The van der Waals surface area contributed by atoms with Gasteiger partial charge in [0.1, 0.15) is 12.2 Å². The molecule has 2 aromatic carbocycles. The number of nitrogens with zero attached hydrogens (tertiary/aromatic N) is 3. The number of hydrogen-bond acceptors (Lipinski definition) is 3. The Morgan fingerprint density at radius 3 is 2.33 bits per heavy atom. The van der Waals surface area contributed by atoms with Crippen molar-refractivity contribution in [1.29, 1.82) is 0 Å². The van der Waals surface area contributed by atoms with Crippen LogP contribution >= 0.6 is 0 Å². The Morgan fingerprint density at radius 2 is 1.67 bits per heavy atom. The predicted molar refractivity (Wildman–Crippen MR) is 118 cm³/mol. The normalized spacial score (nSPS) is 12.1. The number of benzene rings is 2. The van der Waals surface area contributed by atoms with Crippen LogP contribution in [0.3, 0.4) is 0 Å². The van der Waals surface area contributed by atoms with Crippen molar-refractivity contribution in [2.75, 3.05) is 0 Å². The van der Waals surface area contributed by atoms with Crippen LogP contribution in [0, 0.1) is 13.8 Å². The highest BCUT2D eigenvalue weighted by Gasteiger charge is 2.19. The van der Waals surface area contributed by atoms with Crippen LogP contribution in [-0.2, 0) is 11.3 Å². The van der Waals surface area contributed by atoms with Gasteiger partial charge in [0.25, 0.3) is 5.56 Å². The first-order valence-corrected chi connectivity index (χ1v) is 9.95. The van der Waals surface area contributed by atoms with Crippen LogP contribution in [0.25, 0.3) is 16.7 Å². The highest BCUT2D eigenvalue weighted by molar-refractivity contribution is 5.85. The summed E-state index contributed by atoms with van der Waals surface area (Å²) in [6.07, 6.45) is 0. The fraction of sp³-hybridized carbons (Fsp3) is 0.208. The second kappa shape index (κ2) is 7.99. The molecule has 4 aromatic rings. The Kier molecular flexibility index (Phi) is 5.23. The van der Waals surface area contributed by atoms with Crippen LogP contribution in [0.2, 0.25) is 0 Å². The fourth-order valence-electron chi connectivity index (χ4n) is 3.82. The Labute approximate surface area is 174 Å². The molecule has 0 aliphatic carbocycles. The van der Waals surface area contributed by atoms with Gasteiger partial charge in [-0.1, -0.05) is 48.5 Å². The lowest BCUT2D eigenvalue weighted by Crippen LogP contribution is -2.34. The second-order valence-corrected chi connectivity index (χ2v) is 7.48. The summed E-state index contributed by atoms with van der Waals surface area (Å²) < 4.78 is 3.25. The topological polar surface area (TPSA) is 68.9 Å². The Morgan fingerprint density at radius 1 is 1.03 bits per heavy atom. The lowest BCUT2D eigenvalue weighted by atomic mass is 10.1. The van der Waals surface area contributed by atoms with Crippen LogP contribution < -0.4 is 10.9 Å². The third-order valence-corrected chi connectivity index (χ3v) is 5.27. The van der Waals surface area contributed by atoms with E-state index < -0.39 is 0 Å². The van der Waals surface area contributed by atoms with Gasteiger partial charge in [-0.25, -0.2) is 4.68 Å². The van der Waals surface area contributed by atoms with Gasteiger partial charge in [-0.15, -0.1) is 0 Å². The van der Waals surface area contributed by atoms with Gasteiger partial charge in [0, 0.05) is 11.5 Å². The van der Waals surface area contributed by atoms with Gasteiger partial charge in [-0.05, 0) is 44.0 Å². The molecule has 0 aliphatic rings. The zero-order valence-corrected chi connectivity index (χ0v) is 17.3. The zero-order valence-electron chi connectivity index (χ0n) is 17.3. The largest absolute Gasteiger partial charge is 0.348 e. The molecular formula is C24H24N4O2. The molecule has 1 amide bonds. The van der Waals surface area contributed by atoms with Gasteiger partial charge < -0.3 is 5.32 Å². The first-order valence-electron chi connectivity index (χ1n) is 9.95. The highest BCUT2D eigenvalue weighted by atomic mass is 16.2. The quantitative estimate of drug-likeness (QED) is 0.556. The summed E-state index contributed by atoms with van der Waals surface area (Å²) in [5.74, 6) is -0.225. The summed E-state index contributed by atoms with van der Waals surface area (Å²) in [6, 6.07) is 20.8. The molecular weight excluding hydrogens is 376 g/mol. The summed E-state index contributed by atoms with van der Waals surface area (Å²) in [5, 5.41) is 8.54. The lowest BCUT2D eigenvalue weighted by molar-refractivity contribution is -0.122. The average Bonchev–Trinajstić information content (AvgIpc) is 3.10. The van der Waals surface area contributed by atoms with Crippen molar-refractivity contribution in [1.82, 2.24) is 19.7 Å². The number of rotatable bonds is 5. The maximum atomic E-state index is 12.9. The molecule has 1 atom stereocenters. The number of hydrogen-bond donors (Lipinski definition) is 1. The minimum Gasteiger partial charge on any atom is -0.348 e. The van der Waals surface area contributed by atoms with E-state index >= 15 is 0 Å². The van der Waals surface area contributed by atoms with Gasteiger partial charge in [-0.3, -0.25) is 14.2 Å². The molecule has 30 heavy (non-hydrogen) atoms. The first-order chi connectivity index (χ1) is 14.5. The monoisotopic (exact) mass is 400 g/mol. The van der Waals surface area contributed by atoms with E-state index in [0.717, 1.165) is 27.9 Å². The molecule has 0 saturated carbocycles. The summed E-state index contributed by atoms with van der Waals surface area (Å²) in [5.41, 5.74) is 3.93. The predicted octanol–water partition coefficient (Wildman–Crippen LogP) is 3.68. The number of fused-ring (bicyclic) bond motifs is 1. The van der Waals surface area contributed by atoms with Crippen molar-refractivity contribution < 1.29 is 4.79 Å². The van der Waals surface area contributed by atoms with E-state index in [1.54, 1.807) is 10.7 Å². The SMILES string of the molecule is Cc1cc(=O)n(CC(=O)N[C@@H](C)c2ccccc2)c2c1c(C)nn2-c1ccccc1. The van der Waals surface area contributed by atoms with Crippen LogP contribution in [0.1, 0.15) is 29.8 Å². The van der Waals surface area contributed by atoms with Gasteiger partial charge >= 0.3 is 0 Å². The Bertz CT molecular complexity index is 1260. The van der Waals surface area contributed by atoms with E-state index in [9.17, 15) is 9.59 Å². The van der Waals surface area contributed by atoms with Crippen molar-refractivity contribution in [2.45, 2.75) is 33.4 Å². The second-order valence-electron chi connectivity index (χ2n) is 7.48. The molecule has 2 heterocycles. The molecule has 6 nitrogen and oxygen atoms in total. The number of aryl methyl sites for hydroxylation is 2. The molecule has 4 rings (SSSR count). The van der Waals surface area contributed by atoms with Gasteiger partial charge in [0.2, 0.25) is 5.91 Å². The molecule has 0 aliphatic heterocycles. The van der Waals surface area contributed by atoms with E-state index in [1.165, 1.54) is 4.57 Å². The van der Waals surface area contributed by atoms with Crippen molar-refractivity contribution in [3.63, 3.8) is 0 Å². The number of amides is 1. The van der Waals surface area contributed by atoms with Crippen LogP contribution in [0.5, 0.6) is 0 Å². The minimum atomic E-state index is -0.225. The van der Waals surface area contributed by atoms with Crippen molar-refractivity contribution in [3.8, 4) is 5.69 Å². The van der Waals surface area contributed by atoms with Crippen molar-refractivity contribution in [3.05, 3.63) is 93.9 Å². The van der Waals surface area contributed by atoms with E-state index in [1.807, 2.05) is 81.4 Å². The van der Waals surface area contributed by atoms with Gasteiger partial charge in [-0.2, -0.15) is 5.10 Å². The number of carbonyl (C=O) groups is 1. The maximum absolute atomic E-state index is 12.9. The fourth-order valence-corrected chi connectivity index (χ4v) is 3.82. The molecule has 1 N–H and O–H groups in total. The maximum Gasteiger partial charge on any atom is 0.252 e. The smallest absolute Gasteiger partial charge is 0.252 e. The molecule has 2 aromatic heterocycles. The van der Waals surface area contributed by atoms with Crippen LogP contribution in [-0.4, -0.2) is 20.3 Å². The summed E-state index contributed by atoms with van der Waals surface area (Å²) in [4.78, 5) is 25.7. The standard InChI is InChI=1S/C24H24N4O2/c1-16-14-22(30)27(15-21(29)25-17(2)19-10-6-4-7-11-19)24-23(16)18(3)26-28(24)20-12-8-5-9-13-20/h4-14,17H,15H2,1-3H3,(H,25,29)/t17-/m0/s1. The number of para-hydroxylation sites is 1. The summed E-state index contributed by atoms with van der Waals surface area (Å²) in [6.45, 7) is 5.67. The highest BCUT2D eigenvalue weighted by Crippen LogP contribution is 2.23. The number of pyridine rings is 1. The summed E-state index contributed by atoms with van der Waals surface area (Å²) >= 11 is 0. The molecule has 6 heteroatoms. The van der Waals surface area contributed by atoms with Gasteiger partial charge in [0.05, 0.1) is 17.4 Å². The van der Waals surface area contributed by atoms with Crippen molar-refractivity contribution in [2.24, 2.45) is 0 Å². The average molecular weight is 400 g/mol. The van der Waals surface area contributed by atoms with E-state index in [2.05, 4.69) is 10.4 Å². The third-order valence-electron chi connectivity index (χ3n) is 5.27. The molecule has 0 fully saturated rings. The Hall–Kier alpha value is -3.67. The van der Waals surface area contributed by atoms with E-state index in [4.69, 9.17) is 0 Å². The van der Waals surface area contributed by atoms with Crippen LogP contribution in [0.4, 0.5) is 0 Å². The minimum absolute atomic E-state index is 0.0786. The molecule has 152 valence electrons. The lowest BCUT2D eigenvalue weighted by Gasteiger charge is -2.16. The Balaban J connectivity index is 1.75. The van der Waals surface area contributed by atoms with E-state index in [-0.39, 0.29) is 24.1 Å². The molecule has 0 unspecified atom stereocenters. The number of nitrogens with one attached hydrogen (secondary N) is 1. The zero-order chi connectivity index (χ0) is 21.3. The molecule has 0 spiro atoms. The third kappa shape index (κ3) is 3.64. The first kappa shape index (κ1) is 19.6. The van der Waals surface area contributed by atoms with E-state index in [0.29, 0.717) is 5.65 Å². The molecule has 0 saturated heterocycles. The summed E-state index contributed by atoms with van der Waals surface area (Å²) in [7, 11) is 0. The number of carbonyl (C=O) groups excluding carboxylic acids is 1. The molecule has 0 radical (unpaired) electrons. The number of aromatic nitrogens is 3. The van der Waals surface area contributed by atoms with Crippen molar-refractivity contribution >= 4 is 16.9 Å². The van der Waals surface area contributed by atoms with Crippen LogP contribution in [0.15, 0.2) is 71.5 Å². The van der Waals surface area contributed by atoms with Gasteiger partial charge in [0.15, 0.2) is 0 Å².